The molecule has 1 aliphatic heterocycles. The highest BCUT2D eigenvalue weighted by atomic mass is 32.1. The Balaban J connectivity index is 1.52. The number of aromatic nitrogens is 1. The molecule has 118 valence electrons. The smallest absolute Gasteiger partial charge is 0.317 e. The summed E-state index contributed by atoms with van der Waals surface area (Å²) in [5, 5.41) is 9.01. The minimum atomic E-state index is 0.0311. The summed E-state index contributed by atoms with van der Waals surface area (Å²) >= 11 is 1.65. The molecule has 0 radical (unpaired) electrons. The zero-order valence-electron chi connectivity index (χ0n) is 12.6. The summed E-state index contributed by atoms with van der Waals surface area (Å²) in [5.41, 5.74) is 0.940. The Morgan fingerprint density at radius 2 is 2.23 bits per heavy atom. The lowest BCUT2D eigenvalue weighted by Gasteiger charge is -2.34. The summed E-state index contributed by atoms with van der Waals surface area (Å²) in [4.78, 5) is 17.0. The van der Waals surface area contributed by atoms with Gasteiger partial charge in [0.05, 0.1) is 10.6 Å². The lowest BCUT2D eigenvalue weighted by molar-refractivity contribution is 0.134. The first-order chi connectivity index (χ1) is 10.8. The third-order valence-corrected chi connectivity index (χ3v) is 4.58. The third kappa shape index (κ3) is 3.48. The van der Waals surface area contributed by atoms with E-state index in [1.807, 2.05) is 35.4 Å². The van der Waals surface area contributed by atoms with Crippen molar-refractivity contribution >= 4 is 17.4 Å². The van der Waals surface area contributed by atoms with E-state index in [0.29, 0.717) is 6.54 Å². The van der Waals surface area contributed by atoms with Crippen LogP contribution in [-0.4, -0.2) is 53.7 Å². The fourth-order valence-electron chi connectivity index (χ4n) is 2.52. The molecular weight excluding hydrogens is 300 g/mol. The summed E-state index contributed by atoms with van der Waals surface area (Å²) in [6.07, 6.45) is 0. The second-order valence-corrected chi connectivity index (χ2v) is 6.21. The molecule has 2 aromatic heterocycles. The summed E-state index contributed by atoms with van der Waals surface area (Å²) < 4.78 is 5.40. The second-order valence-electron chi connectivity index (χ2n) is 5.26. The molecule has 6 nitrogen and oxygen atoms in total. The number of rotatable bonds is 4. The maximum absolute atomic E-state index is 11.8. The van der Waals surface area contributed by atoms with Gasteiger partial charge in [-0.1, -0.05) is 11.2 Å². The van der Waals surface area contributed by atoms with Crippen LogP contribution in [0, 0.1) is 0 Å². The maximum Gasteiger partial charge on any atom is 0.317 e. The minimum absolute atomic E-state index is 0.0311. The van der Waals surface area contributed by atoms with E-state index in [0.717, 1.165) is 49.1 Å². The van der Waals surface area contributed by atoms with Crippen molar-refractivity contribution in [2.24, 2.45) is 0 Å². The fraction of sp³-hybridized carbons (Fsp3) is 0.467. The average molecular weight is 320 g/mol. The van der Waals surface area contributed by atoms with Gasteiger partial charge in [-0.15, -0.1) is 11.3 Å². The molecule has 0 aliphatic carbocycles. The van der Waals surface area contributed by atoms with Crippen LogP contribution in [0.3, 0.4) is 0 Å². The SMILES string of the molecule is CCNC(=O)N1CCN(Cc2cc(-c3cccs3)on2)CC1. The number of urea groups is 1. The van der Waals surface area contributed by atoms with Gasteiger partial charge >= 0.3 is 6.03 Å². The quantitative estimate of drug-likeness (QED) is 0.938. The van der Waals surface area contributed by atoms with Crippen LogP contribution in [0.25, 0.3) is 10.6 Å². The van der Waals surface area contributed by atoms with Crippen LogP contribution in [0.4, 0.5) is 4.79 Å². The van der Waals surface area contributed by atoms with Gasteiger partial charge in [0.25, 0.3) is 0 Å². The van der Waals surface area contributed by atoms with Gasteiger partial charge in [0, 0.05) is 45.3 Å². The zero-order chi connectivity index (χ0) is 15.4. The van der Waals surface area contributed by atoms with Crippen molar-refractivity contribution in [2.45, 2.75) is 13.5 Å². The van der Waals surface area contributed by atoms with Crippen molar-refractivity contribution in [3.8, 4) is 10.6 Å². The maximum atomic E-state index is 11.8. The zero-order valence-corrected chi connectivity index (χ0v) is 13.4. The molecule has 0 aromatic carbocycles. The van der Waals surface area contributed by atoms with E-state index in [1.165, 1.54) is 0 Å². The van der Waals surface area contributed by atoms with Crippen LogP contribution in [0.5, 0.6) is 0 Å². The monoisotopic (exact) mass is 320 g/mol. The molecule has 3 rings (SSSR count). The Morgan fingerprint density at radius 3 is 2.91 bits per heavy atom. The molecule has 2 aromatic rings. The number of carbonyl (C=O) groups excluding carboxylic acids is 1. The predicted octanol–water partition coefficient (Wildman–Crippen LogP) is 2.25. The van der Waals surface area contributed by atoms with Crippen LogP contribution in [-0.2, 0) is 6.54 Å². The summed E-state index contributed by atoms with van der Waals surface area (Å²) in [6.45, 7) is 6.59. The summed E-state index contributed by atoms with van der Waals surface area (Å²) in [5.74, 6) is 0.825. The normalized spacial score (nSPS) is 16.0. The van der Waals surface area contributed by atoms with Crippen molar-refractivity contribution in [3.63, 3.8) is 0 Å². The van der Waals surface area contributed by atoms with E-state index < -0.39 is 0 Å². The van der Waals surface area contributed by atoms with Gasteiger partial charge in [0.1, 0.15) is 0 Å². The molecule has 0 atom stereocenters. The first-order valence-electron chi connectivity index (χ1n) is 7.51. The van der Waals surface area contributed by atoms with Gasteiger partial charge in [-0.3, -0.25) is 4.90 Å². The molecule has 1 saturated heterocycles. The molecule has 0 bridgehead atoms. The summed E-state index contributed by atoms with van der Waals surface area (Å²) in [6, 6.07) is 6.06. The Bertz CT molecular complexity index is 603. The highest BCUT2D eigenvalue weighted by Crippen LogP contribution is 2.25. The van der Waals surface area contributed by atoms with Crippen molar-refractivity contribution in [1.29, 1.82) is 0 Å². The first kappa shape index (κ1) is 15.1. The van der Waals surface area contributed by atoms with E-state index in [1.54, 1.807) is 11.3 Å². The fourth-order valence-corrected chi connectivity index (χ4v) is 3.20. The minimum Gasteiger partial charge on any atom is -0.355 e. The van der Waals surface area contributed by atoms with Crippen LogP contribution in [0.2, 0.25) is 0 Å². The number of piperazine rings is 1. The van der Waals surface area contributed by atoms with Crippen LogP contribution in [0.15, 0.2) is 28.1 Å². The van der Waals surface area contributed by atoms with E-state index in [-0.39, 0.29) is 6.03 Å². The number of thiophene rings is 1. The standard InChI is InChI=1S/C15H20N4O2S/c1-2-16-15(20)19-7-5-18(6-8-19)11-12-10-13(21-17-12)14-4-3-9-22-14/h3-4,9-10H,2,5-8,11H2,1H3,(H,16,20). The number of carbonyl (C=O) groups is 1. The summed E-state index contributed by atoms with van der Waals surface area (Å²) in [7, 11) is 0. The Kier molecular flexibility index (Phi) is 4.74. The van der Waals surface area contributed by atoms with Gasteiger partial charge in [0.2, 0.25) is 0 Å². The van der Waals surface area contributed by atoms with E-state index in [9.17, 15) is 4.79 Å². The average Bonchev–Trinajstić information content (AvgIpc) is 3.19. The van der Waals surface area contributed by atoms with E-state index in [4.69, 9.17) is 4.52 Å². The first-order valence-corrected chi connectivity index (χ1v) is 8.39. The molecule has 1 aliphatic rings. The third-order valence-electron chi connectivity index (χ3n) is 3.70. The molecule has 1 N–H and O–H groups in total. The second kappa shape index (κ2) is 6.93. The number of hydrogen-bond donors (Lipinski definition) is 1. The Hall–Kier alpha value is -1.86. The number of amides is 2. The molecule has 0 unspecified atom stereocenters. The van der Waals surface area contributed by atoms with Gasteiger partial charge in [-0.25, -0.2) is 4.79 Å². The van der Waals surface area contributed by atoms with Crippen LogP contribution >= 0.6 is 11.3 Å². The van der Waals surface area contributed by atoms with Crippen LogP contribution < -0.4 is 5.32 Å². The van der Waals surface area contributed by atoms with Crippen LogP contribution in [0.1, 0.15) is 12.6 Å². The molecule has 22 heavy (non-hydrogen) atoms. The highest BCUT2D eigenvalue weighted by molar-refractivity contribution is 7.13. The van der Waals surface area contributed by atoms with Gasteiger partial charge in [-0.2, -0.15) is 0 Å². The highest BCUT2D eigenvalue weighted by Gasteiger charge is 2.21. The topological polar surface area (TPSA) is 61.6 Å². The molecule has 0 saturated carbocycles. The Labute approximate surface area is 133 Å². The molecule has 7 heteroatoms. The van der Waals surface area contributed by atoms with Gasteiger partial charge in [0.15, 0.2) is 5.76 Å². The lowest BCUT2D eigenvalue weighted by atomic mass is 10.2. The molecule has 1 fully saturated rings. The van der Waals surface area contributed by atoms with E-state index in [2.05, 4.69) is 15.4 Å². The van der Waals surface area contributed by atoms with Gasteiger partial charge < -0.3 is 14.7 Å². The lowest BCUT2D eigenvalue weighted by Crippen LogP contribution is -2.51. The molecule has 0 spiro atoms. The predicted molar refractivity (Wildman–Crippen MR) is 85.7 cm³/mol. The number of hydrogen-bond acceptors (Lipinski definition) is 5. The molecular formula is C15H20N4O2S. The Morgan fingerprint density at radius 1 is 1.41 bits per heavy atom. The van der Waals surface area contributed by atoms with Gasteiger partial charge in [-0.05, 0) is 18.4 Å². The molecule has 2 amide bonds. The number of nitrogens with one attached hydrogen (secondary N) is 1. The largest absolute Gasteiger partial charge is 0.355 e. The molecule has 3 heterocycles. The number of nitrogens with zero attached hydrogens (tertiary/aromatic N) is 3. The van der Waals surface area contributed by atoms with Crippen molar-refractivity contribution in [2.75, 3.05) is 32.7 Å². The van der Waals surface area contributed by atoms with Crippen molar-refractivity contribution in [1.82, 2.24) is 20.3 Å². The van der Waals surface area contributed by atoms with E-state index >= 15 is 0 Å². The van der Waals surface area contributed by atoms with Crippen molar-refractivity contribution < 1.29 is 9.32 Å². The van der Waals surface area contributed by atoms with Crippen molar-refractivity contribution in [3.05, 3.63) is 29.3 Å².